The van der Waals surface area contributed by atoms with Gasteiger partial charge in [-0.05, 0) is 25.1 Å². The first kappa shape index (κ1) is 17.3. The van der Waals surface area contributed by atoms with Crippen LogP contribution in [0.2, 0.25) is 0 Å². The summed E-state index contributed by atoms with van der Waals surface area (Å²) in [7, 11) is -3.83. The van der Waals surface area contributed by atoms with Crippen LogP contribution in [0, 0.1) is 6.92 Å². The fourth-order valence-corrected chi connectivity index (χ4v) is 3.78. The molecule has 3 aromatic rings. The van der Waals surface area contributed by atoms with Crippen LogP contribution in [0.3, 0.4) is 0 Å². The first-order valence-electron chi connectivity index (χ1n) is 7.31. The molecule has 0 saturated heterocycles. The van der Waals surface area contributed by atoms with Crippen LogP contribution < -0.4 is 10.5 Å². The highest BCUT2D eigenvalue weighted by atomic mass is 32.2. The monoisotopic (exact) mass is 373 g/mol. The molecule has 1 amide bonds. The summed E-state index contributed by atoms with van der Waals surface area (Å²) in [5.41, 5.74) is 1.90. The Balaban J connectivity index is 1.86. The third-order valence-corrected chi connectivity index (χ3v) is 5.56. The minimum atomic E-state index is -3.83. The van der Waals surface area contributed by atoms with E-state index in [1.807, 2.05) is 30.3 Å². The number of hydrogen-bond acceptors (Lipinski definition) is 5. The molecule has 0 radical (unpaired) electrons. The van der Waals surface area contributed by atoms with E-state index in [1.54, 1.807) is 13.0 Å². The van der Waals surface area contributed by atoms with Crippen LogP contribution in [0.1, 0.15) is 15.4 Å². The summed E-state index contributed by atoms with van der Waals surface area (Å²) in [5, 5.41) is 8.55. The van der Waals surface area contributed by atoms with Crippen molar-refractivity contribution in [3.8, 4) is 10.6 Å². The smallest absolute Gasteiger partial charge is 0.267 e. The molecule has 0 bridgehead atoms. The van der Waals surface area contributed by atoms with E-state index in [2.05, 4.69) is 10.3 Å². The number of rotatable bonds is 4. The number of nitrogens with zero attached hydrogens (tertiary/aromatic N) is 1. The maximum atomic E-state index is 12.5. The molecule has 6 nitrogen and oxygen atoms in total. The molecule has 0 aliphatic carbocycles. The molecule has 128 valence electrons. The number of sulfonamides is 1. The van der Waals surface area contributed by atoms with Crippen LogP contribution in [0.15, 0.2) is 59.5 Å². The average molecular weight is 373 g/mol. The van der Waals surface area contributed by atoms with Crippen molar-refractivity contribution >= 4 is 33.0 Å². The van der Waals surface area contributed by atoms with E-state index in [0.29, 0.717) is 16.3 Å². The van der Waals surface area contributed by atoms with E-state index in [1.165, 1.54) is 29.5 Å². The summed E-state index contributed by atoms with van der Waals surface area (Å²) in [6.07, 6.45) is 0. The SMILES string of the molecule is Cc1nc(-c2ccccc2)sc1C(=O)Nc1cccc(S(N)(=O)=O)c1. The number of anilines is 1. The number of thiazole rings is 1. The maximum Gasteiger partial charge on any atom is 0.267 e. The Morgan fingerprint density at radius 1 is 1.12 bits per heavy atom. The maximum absolute atomic E-state index is 12.5. The highest BCUT2D eigenvalue weighted by Crippen LogP contribution is 2.28. The van der Waals surface area contributed by atoms with Gasteiger partial charge in [0.1, 0.15) is 9.88 Å². The van der Waals surface area contributed by atoms with Gasteiger partial charge in [0.05, 0.1) is 10.6 Å². The van der Waals surface area contributed by atoms with Crippen molar-refractivity contribution in [2.45, 2.75) is 11.8 Å². The van der Waals surface area contributed by atoms with Gasteiger partial charge in [-0.15, -0.1) is 11.3 Å². The molecule has 3 N–H and O–H groups in total. The zero-order valence-corrected chi connectivity index (χ0v) is 14.9. The predicted octanol–water partition coefficient (Wildman–Crippen LogP) is 3.02. The Bertz CT molecular complexity index is 1030. The minimum absolute atomic E-state index is 0.0590. The molecule has 3 rings (SSSR count). The summed E-state index contributed by atoms with van der Waals surface area (Å²) >= 11 is 1.28. The van der Waals surface area contributed by atoms with Gasteiger partial charge in [0.2, 0.25) is 10.0 Å². The number of nitrogens with one attached hydrogen (secondary N) is 1. The Morgan fingerprint density at radius 2 is 1.84 bits per heavy atom. The normalized spacial score (nSPS) is 11.3. The van der Waals surface area contributed by atoms with Gasteiger partial charge < -0.3 is 5.32 Å². The van der Waals surface area contributed by atoms with Crippen molar-refractivity contribution in [1.82, 2.24) is 4.98 Å². The molecular weight excluding hydrogens is 358 g/mol. The second kappa shape index (κ2) is 6.75. The number of carbonyl (C=O) groups is 1. The van der Waals surface area contributed by atoms with Crippen molar-refractivity contribution < 1.29 is 13.2 Å². The summed E-state index contributed by atoms with van der Waals surface area (Å²) in [5.74, 6) is -0.344. The highest BCUT2D eigenvalue weighted by molar-refractivity contribution is 7.89. The fourth-order valence-electron chi connectivity index (χ4n) is 2.25. The molecule has 0 atom stereocenters. The molecular formula is C17H15N3O3S2. The third kappa shape index (κ3) is 3.93. The lowest BCUT2D eigenvalue weighted by Gasteiger charge is -2.05. The Kier molecular flexibility index (Phi) is 4.67. The number of nitrogens with two attached hydrogens (primary N) is 1. The summed E-state index contributed by atoms with van der Waals surface area (Å²) in [6.45, 7) is 1.76. The summed E-state index contributed by atoms with van der Waals surface area (Å²) in [6, 6.07) is 15.4. The van der Waals surface area contributed by atoms with Crippen molar-refractivity contribution in [1.29, 1.82) is 0 Å². The number of hydrogen-bond donors (Lipinski definition) is 2. The molecule has 0 fully saturated rings. The number of primary sulfonamides is 1. The molecule has 1 aromatic heterocycles. The van der Waals surface area contributed by atoms with Crippen molar-refractivity contribution in [3.05, 3.63) is 65.2 Å². The van der Waals surface area contributed by atoms with Crippen LogP contribution >= 0.6 is 11.3 Å². The van der Waals surface area contributed by atoms with Gasteiger partial charge in [0.25, 0.3) is 5.91 Å². The van der Waals surface area contributed by atoms with Gasteiger partial charge >= 0.3 is 0 Å². The molecule has 2 aromatic carbocycles. The minimum Gasteiger partial charge on any atom is -0.321 e. The second-order valence-corrected chi connectivity index (χ2v) is 7.89. The molecule has 25 heavy (non-hydrogen) atoms. The lowest BCUT2D eigenvalue weighted by atomic mass is 10.2. The predicted molar refractivity (Wildman–Crippen MR) is 98.1 cm³/mol. The van der Waals surface area contributed by atoms with Gasteiger partial charge in [0, 0.05) is 11.3 Å². The van der Waals surface area contributed by atoms with E-state index in [0.717, 1.165) is 10.6 Å². The number of carbonyl (C=O) groups excluding carboxylic acids is 1. The standard InChI is InChI=1S/C17H15N3O3S2/c1-11-15(24-17(19-11)12-6-3-2-4-7-12)16(21)20-13-8-5-9-14(10-13)25(18,22)23/h2-10H,1H3,(H,20,21)(H2,18,22,23). The van der Waals surface area contributed by atoms with Crippen LogP contribution in [0.5, 0.6) is 0 Å². The molecule has 0 unspecified atom stereocenters. The zero-order chi connectivity index (χ0) is 18.0. The topological polar surface area (TPSA) is 102 Å². The lowest BCUT2D eigenvalue weighted by Crippen LogP contribution is -2.14. The van der Waals surface area contributed by atoms with E-state index < -0.39 is 10.0 Å². The molecule has 0 aliphatic heterocycles. The van der Waals surface area contributed by atoms with E-state index in [-0.39, 0.29) is 10.8 Å². The highest BCUT2D eigenvalue weighted by Gasteiger charge is 2.17. The Labute approximate surface area is 149 Å². The number of benzene rings is 2. The zero-order valence-electron chi connectivity index (χ0n) is 13.3. The average Bonchev–Trinajstić information content (AvgIpc) is 2.97. The van der Waals surface area contributed by atoms with E-state index >= 15 is 0 Å². The molecule has 0 aliphatic rings. The van der Waals surface area contributed by atoms with Gasteiger partial charge in [-0.2, -0.15) is 0 Å². The van der Waals surface area contributed by atoms with Crippen LogP contribution in [0.25, 0.3) is 10.6 Å². The van der Waals surface area contributed by atoms with Crippen LogP contribution in [-0.4, -0.2) is 19.3 Å². The van der Waals surface area contributed by atoms with Crippen LogP contribution in [0.4, 0.5) is 5.69 Å². The first-order chi connectivity index (χ1) is 11.8. The van der Waals surface area contributed by atoms with Crippen LogP contribution in [-0.2, 0) is 10.0 Å². The summed E-state index contributed by atoms with van der Waals surface area (Å²) in [4.78, 5) is 17.4. The number of aromatic nitrogens is 1. The largest absolute Gasteiger partial charge is 0.321 e. The Morgan fingerprint density at radius 3 is 2.52 bits per heavy atom. The van der Waals surface area contributed by atoms with Gasteiger partial charge in [0.15, 0.2) is 0 Å². The van der Waals surface area contributed by atoms with Crippen molar-refractivity contribution in [2.75, 3.05) is 5.32 Å². The Hall–Kier alpha value is -2.55. The first-order valence-corrected chi connectivity index (χ1v) is 9.68. The molecule has 0 saturated carbocycles. The summed E-state index contributed by atoms with van der Waals surface area (Å²) < 4.78 is 22.8. The van der Waals surface area contributed by atoms with Gasteiger partial charge in [-0.1, -0.05) is 36.4 Å². The van der Waals surface area contributed by atoms with Gasteiger partial charge in [-0.3, -0.25) is 4.79 Å². The quantitative estimate of drug-likeness (QED) is 0.734. The second-order valence-electron chi connectivity index (χ2n) is 5.33. The van der Waals surface area contributed by atoms with E-state index in [4.69, 9.17) is 5.14 Å². The number of amides is 1. The van der Waals surface area contributed by atoms with Gasteiger partial charge in [-0.25, -0.2) is 18.5 Å². The molecule has 0 spiro atoms. The van der Waals surface area contributed by atoms with Crippen molar-refractivity contribution in [2.24, 2.45) is 5.14 Å². The number of aryl methyl sites for hydroxylation is 1. The lowest BCUT2D eigenvalue weighted by molar-refractivity contribution is 0.102. The molecule has 8 heteroatoms. The van der Waals surface area contributed by atoms with Crippen molar-refractivity contribution in [3.63, 3.8) is 0 Å². The fraction of sp³-hybridized carbons (Fsp3) is 0.0588. The van der Waals surface area contributed by atoms with E-state index in [9.17, 15) is 13.2 Å². The third-order valence-electron chi connectivity index (χ3n) is 3.44. The molecule has 1 heterocycles.